The minimum absolute atomic E-state index is 0.0815. The van der Waals surface area contributed by atoms with Gasteiger partial charge in [0.25, 0.3) is 0 Å². The number of amides is 1. The SMILES string of the molecule is Cc1cn2nc([C@@H]3CCCCN3C(=O)C(N)CC(N)c3cccnc3)cc2nc1N1CC[C@H](N)C1. The van der Waals surface area contributed by atoms with Gasteiger partial charge in [0.1, 0.15) is 5.82 Å². The molecule has 3 aromatic rings. The molecule has 2 aliphatic heterocycles. The fourth-order valence-electron chi connectivity index (χ4n) is 5.30. The first-order chi connectivity index (χ1) is 16.9. The van der Waals surface area contributed by atoms with Gasteiger partial charge in [0.15, 0.2) is 5.65 Å². The highest BCUT2D eigenvalue weighted by Gasteiger charge is 2.33. The van der Waals surface area contributed by atoms with Crippen LogP contribution in [0.5, 0.6) is 0 Å². The molecule has 186 valence electrons. The number of carbonyl (C=O) groups excluding carboxylic acids is 1. The van der Waals surface area contributed by atoms with Gasteiger partial charge in [-0.25, -0.2) is 9.50 Å². The van der Waals surface area contributed by atoms with Crippen LogP contribution in [0.3, 0.4) is 0 Å². The van der Waals surface area contributed by atoms with Gasteiger partial charge in [0, 0.05) is 61.9 Å². The van der Waals surface area contributed by atoms with Crippen LogP contribution >= 0.6 is 0 Å². The van der Waals surface area contributed by atoms with E-state index in [1.54, 1.807) is 12.4 Å². The van der Waals surface area contributed by atoms with Crippen molar-refractivity contribution >= 4 is 17.4 Å². The van der Waals surface area contributed by atoms with E-state index in [0.717, 1.165) is 67.1 Å². The lowest BCUT2D eigenvalue weighted by atomic mass is 9.96. The third-order valence-electron chi connectivity index (χ3n) is 7.21. The average Bonchev–Trinajstić information content (AvgIpc) is 3.49. The molecule has 35 heavy (non-hydrogen) atoms. The summed E-state index contributed by atoms with van der Waals surface area (Å²) in [6.07, 6.45) is 9.61. The minimum atomic E-state index is -0.686. The number of hydrogen-bond donors (Lipinski definition) is 3. The summed E-state index contributed by atoms with van der Waals surface area (Å²) in [6, 6.07) is 4.79. The standard InChI is InChI=1S/C25H35N9O/c1-16-14-34-23(30-24(16)32-10-7-18(26)15-32)12-21(31-34)22-6-2-3-9-33(22)25(35)20(28)11-19(27)17-5-4-8-29-13-17/h4-5,8,12-14,18-20,22H,2-3,6-7,9-11,15,26-28H2,1H3/t18-,19?,20?,22-/m0/s1. The van der Waals surface area contributed by atoms with Gasteiger partial charge in [-0.3, -0.25) is 9.78 Å². The van der Waals surface area contributed by atoms with E-state index in [-0.39, 0.29) is 24.0 Å². The van der Waals surface area contributed by atoms with Gasteiger partial charge < -0.3 is 27.0 Å². The van der Waals surface area contributed by atoms with E-state index >= 15 is 0 Å². The van der Waals surface area contributed by atoms with E-state index in [0.29, 0.717) is 13.0 Å². The Balaban J connectivity index is 1.35. The van der Waals surface area contributed by atoms with E-state index < -0.39 is 6.04 Å². The van der Waals surface area contributed by atoms with Gasteiger partial charge in [-0.15, -0.1) is 0 Å². The number of carbonyl (C=O) groups is 1. The van der Waals surface area contributed by atoms with Crippen molar-refractivity contribution in [3.8, 4) is 0 Å². The fraction of sp³-hybridized carbons (Fsp3) is 0.520. The molecule has 10 nitrogen and oxygen atoms in total. The largest absolute Gasteiger partial charge is 0.355 e. The second-order valence-corrected chi connectivity index (χ2v) is 9.89. The molecule has 0 aliphatic carbocycles. The maximum atomic E-state index is 13.4. The van der Waals surface area contributed by atoms with Gasteiger partial charge in [0.2, 0.25) is 5.91 Å². The lowest BCUT2D eigenvalue weighted by Crippen LogP contribution is -2.48. The second-order valence-electron chi connectivity index (χ2n) is 9.89. The van der Waals surface area contributed by atoms with Crippen molar-refractivity contribution in [3.05, 3.63) is 53.6 Å². The number of rotatable bonds is 6. The maximum absolute atomic E-state index is 13.4. The Hall–Kier alpha value is -3.08. The highest BCUT2D eigenvalue weighted by atomic mass is 16.2. The van der Waals surface area contributed by atoms with Crippen molar-refractivity contribution in [3.63, 3.8) is 0 Å². The average molecular weight is 478 g/mol. The summed E-state index contributed by atoms with van der Waals surface area (Å²) in [5.41, 5.74) is 22.4. The summed E-state index contributed by atoms with van der Waals surface area (Å²) in [7, 11) is 0. The number of piperidine rings is 1. The molecule has 2 aliphatic rings. The van der Waals surface area contributed by atoms with Crippen molar-refractivity contribution in [1.82, 2.24) is 24.5 Å². The fourth-order valence-corrected chi connectivity index (χ4v) is 5.30. The van der Waals surface area contributed by atoms with Gasteiger partial charge in [-0.1, -0.05) is 6.07 Å². The van der Waals surface area contributed by atoms with Gasteiger partial charge in [-0.2, -0.15) is 5.10 Å². The van der Waals surface area contributed by atoms with E-state index in [1.165, 1.54) is 0 Å². The topological polar surface area (TPSA) is 145 Å². The number of aryl methyl sites for hydroxylation is 1. The number of aromatic nitrogens is 4. The highest BCUT2D eigenvalue weighted by Crippen LogP contribution is 2.32. The molecule has 6 N–H and O–H groups in total. The van der Waals surface area contributed by atoms with E-state index in [2.05, 4.69) is 9.88 Å². The van der Waals surface area contributed by atoms with Crippen LogP contribution in [-0.2, 0) is 4.79 Å². The number of fused-ring (bicyclic) bond motifs is 1. The normalized spacial score (nSPS) is 22.5. The van der Waals surface area contributed by atoms with Crippen LogP contribution in [0.1, 0.15) is 61.0 Å². The summed E-state index contributed by atoms with van der Waals surface area (Å²) in [5.74, 6) is 0.877. The summed E-state index contributed by atoms with van der Waals surface area (Å²) < 4.78 is 1.82. The molecule has 5 rings (SSSR count). The van der Waals surface area contributed by atoms with Crippen molar-refractivity contribution < 1.29 is 4.79 Å². The van der Waals surface area contributed by atoms with Crippen LogP contribution in [-0.4, -0.2) is 62.1 Å². The molecule has 5 heterocycles. The van der Waals surface area contributed by atoms with Gasteiger partial charge in [0.05, 0.1) is 17.8 Å². The minimum Gasteiger partial charge on any atom is -0.355 e. The quantitative estimate of drug-likeness (QED) is 0.484. The molecule has 2 saturated heterocycles. The van der Waals surface area contributed by atoms with Crippen LogP contribution in [0.15, 0.2) is 36.8 Å². The molecule has 0 aromatic carbocycles. The van der Waals surface area contributed by atoms with E-state index in [4.69, 9.17) is 27.3 Å². The molecule has 1 amide bonds. The number of hydrogen-bond acceptors (Lipinski definition) is 8. The number of likely N-dealkylation sites (tertiary alicyclic amines) is 1. The summed E-state index contributed by atoms with van der Waals surface area (Å²) in [6.45, 7) is 4.44. The molecule has 4 atom stereocenters. The molecule has 0 saturated carbocycles. The third-order valence-corrected chi connectivity index (χ3v) is 7.21. The zero-order chi connectivity index (χ0) is 24.5. The van der Waals surface area contributed by atoms with E-state index in [9.17, 15) is 4.79 Å². The van der Waals surface area contributed by atoms with Crippen LogP contribution < -0.4 is 22.1 Å². The van der Waals surface area contributed by atoms with Crippen LogP contribution in [0, 0.1) is 6.92 Å². The van der Waals surface area contributed by atoms with Crippen molar-refractivity contribution in [2.75, 3.05) is 24.5 Å². The number of nitrogens with two attached hydrogens (primary N) is 3. The Morgan fingerprint density at radius 1 is 1.23 bits per heavy atom. The number of anilines is 1. The Bertz CT molecular complexity index is 1180. The molecule has 2 unspecified atom stereocenters. The molecule has 0 radical (unpaired) electrons. The first-order valence-corrected chi connectivity index (χ1v) is 12.5. The van der Waals surface area contributed by atoms with Crippen molar-refractivity contribution in [2.24, 2.45) is 17.2 Å². The zero-order valence-electron chi connectivity index (χ0n) is 20.3. The van der Waals surface area contributed by atoms with Crippen LogP contribution in [0.4, 0.5) is 5.82 Å². The van der Waals surface area contributed by atoms with Crippen LogP contribution in [0.2, 0.25) is 0 Å². The number of pyridine rings is 1. The highest BCUT2D eigenvalue weighted by molar-refractivity contribution is 5.82. The summed E-state index contributed by atoms with van der Waals surface area (Å²) >= 11 is 0. The molecule has 2 fully saturated rings. The molecular formula is C25H35N9O. The Kier molecular flexibility index (Phi) is 6.68. The summed E-state index contributed by atoms with van der Waals surface area (Å²) in [5, 5.41) is 4.82. The molecule has 3 aromatic heterocycles. The maximum Gasteiger partial charge on any atom is 0.240 e. The molecular weight excluding hydrogens is 442 g/mol. The molecule has 10 heteroatoms. The van der Waals surface area contributed by atoms with Crippen molar-refractivity contribution in [2.45, 2.75) is 63.2 Å². The van der Waals surface area contributed by atoms with E-state index in [1.807, 2.05) is 40.7 Å². The Morgan fingerprint density at radius 2 is 2.09 bits per heavy atom. The summed E-state index contributed by atoms with van der Waals surface area (Å²) in [4.78, 5) is 26.6. The van der Waals surface area contributed by atoms with Crippen molar-refractivity contribution in [1.29, 1.82) is 0 Å². The smallest absolute Gasteiger partial charge is 0.240 e. The number of nitrogens with zero attached hydrogens (tertiary/aromatic N) is 6. The van der Waals surface area contributed by atoms with Gasteiger partial charge in [-0.05, 0) is 50.7 Å². The molecule has 0 spiro atoms. The second kappa shape index (κ2) is 9.88. The third kappa shape index (κ3) is 4.86. The zero-order valence-corrected chi connectivity index (χ0v) is 20.3. The predicted molar refractivity (Wildman–Crippen MR) is 135 cm³/mol. The molecule has 0 bridgehead atoms. The Morgan fingerprint density at radius 3 is 2.83 bits per heavy atom. The lowest BCUT2D eigenvalue weighted by molar-refractivity contribution is -0.136. The first kappa shape index (κ1) is 23.7. The van der Waals surface area contributed by atoms with Crippen LogP contribution in [0.25, 0.3) is 5.65 Å². The Labute approximate surface area is 205 Å². The lowest BCUT2D eigenvalue weighted by Gasteiger charge is -2.36. The first-order valence-electron chi connectivity index (χ1n) is 12.5. The predicted octanol–water partition coefficient (Wildman–Crippen LogP) is 1.44. The monoisotopic (exact) mass is 477 g/mol. The van der Waals surface area contributed by atoms with Gasteiger partial charge >= 0.3 is 0 Å².